The molecule has 2 amide bonds. The number of rotatable bonds is 6. The lowest BCUT2D eigenvalue weighted by Gasteiger charge is -2.37. The standard InChI is InChI=1S/C17H22N6O3/c1-11-5-3-6-12(2)14(11)23-13(20-21-22-23)9-18-16(26)19-10-17(15(24)25)7-4-8-17/h3,5-6H,4,7-10H2,1-2H3,(H,24,25)(H2,18,19,26). The van der Waals surface area contributed by atoms with Gasteiger partial charge in [0, 0.05) is 6.54 Å². The summed E-state index contributed by atoms with van der Waals surface area (Å²) in [6.07, 6.45) is 2.06. The number of aryl methyl sites for hydroxylation is 2. The van der Waals surface area contributed by atoms with Crippen LogP contribution in [0.4, 0.5) is 4.79 Å². The number of benzene rings is 1. The van der Waals surface area contributed by atoms with Gasteiger partial charge in [0.1, 0.15) is 0 Å². The van der Waals surface area contributed by atoms with Crippen LogP contribution in [0.5, 0.6) is 0 Å². The van der Waals surface area contributed by atoms with Crippen molar-refractivity contribution >= 4 is 12.0 Å². The second-order valence-corrected chi connectivity index (χ2v) is 6.72. The van der Waals surface area contributed by atoms with E-state index in [1.54, 1.807) is 4.68 Å². The fourth-order valence-corrected chi connectivity index (χ4v) is 3.17. The maximum atomic E-state index is 12.0. The monoisotopic (exact) mass is 358 g/mol. The average molecular weight is 358 g/mol. The minimum absolute atomic E-state index is 0.121. The predicted molar refractivity (Wildman–Crippen MR) is 92.8 cm³/mol. The molecule has 0 bridgehead atoms. The molecule has 26 heavy (non-hydrogen) atoms. The van der Waals surface area contributed by atoms with E-state index in [9.17, 15) is 14.7 Å². The van der Waals surface area contributed by atoms with Gasteiger partial charge in [-0.2, -0.15) is 4.68 Å². The Labute approximate surface area is 150 Å². The van der Waals surface area contributed by atoms with E-state index in [0.29, 0.717) is 18.7 Å². The van der Waals surface area contributed by atoms with Gasteiger partial charge in [-0.3, -0.25) is 4.79 Å². The molecule has 2 aromatic rings. The van der Waals surface area contributed by atoms with Crippen molar-refractivity contribution in [3.63, 3.8) is 0 Å². The topological polar surface area (TPSA) is 122 Å². The molecule has 3 N–H and O–H groups in total. The molecule has 0 radical (unpaired) electrons. The van der Waals surface area contributed by atoms with Crippen LogP contribution in [-0.2, 0) is 11.3 Å². The fourth-order valence-electron chi connectivity index (χ4n) is 3.17. The van der Waals surface area contributed by atoms with Crippen molar-refractivity contribution in [2.45, 2.75) is 39.7 Å². The van der Waals surface area contributed by atoms with Crippen molar-refractivity contribution in [2.24, 2.45) is 5.41 Å². The predicted octanol–water partition coefficient (Wildman–Crippen LogP) is 1.33. The highest BCUT2D eigenvalue weighted by Crippen LogP contribution is 2.40. The fraction of sp³-hybridized carbons (Fsp3) is 0.471. The van der Waals surface area contributed by atoms with Crippen LogP contribution < -0.4 is 10.6 Å². The van der Waals surface area contributed by atoms with Gasteiger partial charge in [0.05, 0.1) is 17.6 Å². The molecule has 0 aliphatic heterocycles. The summed E-state index contributed by atoms with van der Waals surface area (Å²) in [4.78, 5) is 23.4. The number of amides is 2. The summed E-state index contributed by atoms with van der Waals surface area (Å²) in [6.45, 7) is 4.19. The Morgan fingerprint density at radius 1 is 1.23 bits per heavy atom. The van der Waals surface area contributed by atoms with Gasteiger partial charge in [-0.05, 0) is 48.2 Å². The molecular weight excluding hydrogens is 336 g/mol. The first-order valence-corrected chi connectivity index (χ1v) is 8.52. The van der Waals surface area contributed by atoms with Crippen LogP contribution in [0.25, 0.3) is 5.69 Å². The lowest BCUT2D eigenvalue weighted by Crippen LogP contribution is -2.49. The molecule has 1 heterocycles. The summed E-state index contributed by atoms with van der Waals surface area (Å²) in [5.74, 6) is -0.364. The van der Waals surface area contributed by atoms with Crippen LogP contribution in [-0.4, -0.2) is 43.9 Å². The molecule has 1 aromatic heterocycles. The van der Waals surface area contributed by atoms with Crippen molar-refractivity contribution in [2.75, 3.05) is 6.54 Å². The first kappa shape index (κ1) is 17.8. The number of hydrogen-bond donors (Lipinski definition) is 3. The molecule has 1 aromatic carbocycles. The third kappa shape index (κ3) is 3.37. The second kappa shape index (κ2) is 7.11. The van der Waals surface area contributed by atoms with E-state index in [0.717, 1.165) is 23.2 Å². The molecule has 0 saturated heterocycles. The van der Waals surface area contributed by atoms with Crippen LogP contribution in [0.3, 0.4) is 0 Å². The van der Waals surface area contributed by atoms with Gasteiger partial charge in [-0.25, -0.2) is 4.79 Å². The first-order chi connectivity index (χ1) is 12.4. The summed E-state index contributed by atoms with van der Waals surface area (Å²) in [7, 11) is 0. The smallest absolute Gasteiger partial charge is 0.315 e. The third-order valence-electron chi connectivity index (χ3n) is 4.94. The SMILES string of the molecule is Cc1cccc(C)c1-n1nnnc1CNC(=O)NCC1(C(=O)O)CCC1. The number of carboxylic acids is 1. The number of aliphatic carboxylic acids is 1. The van der Waals surface area contributed by atoms with E-state index in [-0.39, 0.29) is 13.1 Å². The van der Waals surface area contributed by atoms with Gasteiger partial charge in [0.2, 0.25) is 0 Å². The minimum atomic E-state index is -0.858. The normalized spacial score (nSPS) is 15.2. The van der Waals surface area contributed by atoms with Crippen molar-refractivity contribution in [3.05, 3.63) is 35.2 Å². The second-order valence-electron chi connectivity index (χ2n) is 6.72. The summed E-state index contributed by atoms with van der Waals surface area (Å²) < 4.78 is 1.61. The first-order valence-electron chi connectivity index (χ1n) is 8.52. The molecule has 9 heteroatoms. The van der Waals surface area contributed by atoms with Crippen molar-refractivity contribution in [3.8, 4) is 5.69 Å². The number of hydrogen-bond acceptors (Lipinski definition) is 5. The van der Waals surface area contributed by atoms with Crippen LogP contribution in [0.15, 0.2) is 18.2 Å². The average Bonchev–Trinajstić information content (AvgIpc) is 2.99. The number of tetrazole rings is 1. The van der Waals surface area contributed by atoms with E-state index in [4.69, 9.17) is 0 Å². The van der Waals surface area contributed by atoms with Crippen LogP contribution in [0.2, 0.25) is 0 Å². The number of carbonyl (C=O) groups is 2. The maximum Gasteiger partial charge on any atom is 0.315 e. The highest BCUT2D eigenvalue weighted by molar-refractivity contribution is 5.78. The lowest BCUT2D eigenvalue weighted by atomic mass is 9.69. The zero-order valence-corrected chi connectivity index (χ0v) is 14.8. The summed E-state index contributed by atoms with van der Waals surface area (Å²) in [5, 5.41) is 26.3. The summed E-state index contributed by atoms with van der Waals surface area (Å²) >= 11 is 0. The quantitative estimate of drug-likeness (QED) is 0.716. The zero-order valence-electron chi connectivity index (χ0n) is 14.8. The molecule has 138 valence electrons. The largest absolute Gasteiger partial charge is 0.481 e. The highest BCUT2D eigenvalue weighted by Gasteiger charge is 2.44. The van der Waals surface area contributed by atoms with Gasteiger partial charge in [-0.15, -0.1) is 5.10 Å². The molecular formula is C17H22N6O3. The Kier molecular flexibility index (Phi) is 4.88. The maximum absolute atomic E-state index is 12.0. The number of carboxylic acid groups (broad SMARTS) is 1. The molecule has 3 rings (SSSR count). The Morgan fingerprint density at radius 2 is 1.92 bits per heavy atom. The van der Waals surface area contributed by atoms with Gasteiger partial charge in [0.15, 0.2) is 5.82 Å². The Bertz CT molecular complexity index is 807. The number of para-hydroxylation sites is 1. The Hall–Kier alpha value is -2.97. The zero-order chi connectivity index (χ0) is 18.7. The van der Waals surface area contributed by atoms with E-state index in [1.807, 2.05) is 32.0 Å². The third-order valence-corrected chi connectivity index (χ3v) is 4.94. The van der Waals surface area contributed by atoms with Crippen LogP contribution in [0, 0.1) is 19.3 Å². The van der Waals surface area contributed by atoms with E-state index in [1.165, 1.54) is 0 Å². The molecule has 1 saturated carbocycles. The number of carbonyl (C=O) groups excluding carboxylic acids is 1. The van der Waals surface area contributed by atoms with Gasteiger partial charge >= 0.3 is 12.0 Å². The molecule has 0 unspecified atom stereocenters. The van der Waals surface area contributed by atoms with Crippen molar-refractivity contribution in [1.82, 2.24) is 30.8 Å². The Morgan fingerprint density at radius 3 is 2.50 bits per heavy atom. The summed E-state index contributed by atoms with van der Waals surface area (Å²) in [6, 6.07) is 5.46. The molecule has 1 aliphatic rings. The molecule has 1 fully saturated rings. The number of nitrogens with zero attached hydrogens (tertiary/aromatic N) is 4. The van der Waals surface area contributed by atoms with Gasteiger partial charge in [-0.1, -0.05) is 24.6 Å². The number of nitrogens with one attached hydrogen (secondary N) is 2. The van der Waals surface area contributed by atoms with E-state index in [2.05, 4.69) is 26.2 Å². The van der Waals surface area contributed by atoms with Gasteiger partial charge < -0.3 is 15.7 Å². The molecule has 9 nitrogen and oxygen atoms in total. The lowest BCUT2D eigenvalue weighted by molar-refractivity contribution is -0.153. The molecule has 1 aliphatic carbocycles. The van der Waals surface area contributed by atoms with Crippen molar-refractivity contribution < 1.29 is 14.7 Å². The number of urea groups is 1. The number of aromatic nitrogens is 4. The van der Waals surface area contributed by atoms with Gasteiger partial charge in [0.25, 0.3) is 0 Å². The molecule has 0 atom stereocenters. The highest BCUT2D eigenvalue weighted by atomic mass is 16.4. The molecule has 0 spiro atoms. The van der Waals surface area contributed by atoms with Crippen LogP contribution in [0.1, 0.15) is 36.2 Å². The summed E-state index contributed by atoms with van der Waals surface area (Å²) in [5.41, 5.74) is 2.11. The van der Waals surface area contributed by atoms with Crippen LogP contribution >= 0.6 is 0 Å². The van der Waals surface area contributed by atoms with E-state index < -0.39 is 17.4 Å². The Balaban J connectivity index is 1.62. The minimum Gasteiger partial charge on any atom is -0.481 e. The van der Waals surface area contributed by atoms with E-state index >= 15 is 0 Å². The van der Waals surface area contributed by atoms with Crippen molar-refractivity contribution in [1.29, 1.82) is 0 Å².